The fourth-order valence-corrected chi connectivity index (χ4v) is 2.23. The Balaban J connectivity index is 2.01. The number of aliphatic hydroxyl groups is 2. The molecule has 0 radical (unpaired) electrons. The van der Waals surface area contributed by atoms with Gasteiger partial charge in [-0.25, -0.2) is 4.79 Å². The fourth-order valence-electron chi connectivity index (χ4n) is 2.23. The quantitative estimate of drug-likeness (QED) is 0.270. The summed E-state index contributed by atoms with van der Waals surface area (Å²) in [6.45, 7) is 4.81. The standard InChI is InChI=1S/C19H20O6/c1-13(2)18(22)24-10-11-25-19(23)9-8-15(16(20)12-19)17(21)14-6-4-3-5-7-14/h3-9,21,23H,1,10-12H2,2H3. The van der Waals surface area contributed by atoms with E-state index in [-0.39, 0.29) is 36.5 Å². The second-order valence-corrected chi connectivity index (χ2v) is 5.67. The Morgan fingerprint density at radius 3 is 2.56 bits per heavy atom. The second kappa shape index (κ2) is 7.92. The molecule has 132 valence electrons. The molecule has 0 saturated carbocycles. The molecule has 0 aliphatic heterocycles. The topological polar surface area (TPSA) is 93.1 Å². The van der Waals surface area contributed by atoms with Gasteiger partial charge in [-0.05, 0) is 19.1 Å². The van der Waals surface area contributed by atoms with E-state index in [1.165, 1.54) is 19.1 Å². The lowest BCUT2D eigenvalue weighted by Gasteiger charge is -2.27. The molecule has 6 nitrogen and oxygen atoms in total. The van der Waals surface area contributed by atoms with E-state index >= 15 is 0 Å². The van der Waals surface area contributed by atoms with Crippen molar-refractivity contribution in [2.24, 2.45) is 0 Å². The molecule has 1 aromatic rings. The van der Waals surface area contributed by atoms with Gasteiger partial charge >= 0.3 is 5.97 Å². The number of carbonyl (C=O) groups excluding carboxylic acids is 2. The fraction of sp³-hybridized carbons (Fsp3) is 0.263. The van der Waals surface area contributed by atoms with E-state index in [0.29, 0.717) is 5.56 Å². The van der Waals surface area contributed by atoms with E-state index in [2.05, 4.69) is 6.58 Å². The summed E-state index contributed by atoms with van der Waals surface area (Å²) in [6.07, 6.45) is 2.28. The summed E-state index contributed by atoms with van der Waals surface area (Å²) in [5.41, 5.74) is 0.874. The average Bonchev–Trinajstić information content (AvgIpc) is 2.58. The Kier molecular flexibility index (Phi) is 5.90. The molecule has 0 amide bonds. The van der Waals surface area contributed by atoms with Gasteiger partial charge < -0.3 is 19.7 Å². The van der Waals surface area contributed by atoms with E-state index in [1.54, 1.807) is 30.3 Å². The van der Waals surface area contributed by atoms with Gasteiger partial charge in [-0.2, -0.15) is 0 Å². The number of allylic oxidation sites excluding steroid dienone is 2. The van der Waals surface area contributed by atoms with Crippen molar-refractivity contribution < 1.29 is 29.3 Å². The van der Waals surface area contributed by atoms with Gasteiger partial charge in [0, 0.05) is 11.1 Å². The van der Waals surface area contributed by atoms with Gasteiger partial charge in [0.05, 0.1) is 18.6 Å². The van der Waals surface area contributed by atoms with Crippen LogP contribution < -0.4 is 0 Å². The molecule has 1 aliphatic carbocycles. The summed E-state index contributed by atoms with van der Waals surface area (Å²) in [4.78, 5) is 23.5. The van der Waals surface area contributed by atoms with Crippen molar-refractivity contribution in [3.8, 4) is 0 Å². The molecule has 0 aromatic heterocycles. The molecule has 2 rings (SSSR count). The highest BCUT2D eigenvalue weighted by Gasteiger charge is 2.34. The summed E-state index contributed by atoms with van der Waals surface area (Å²) >= 11 is 0. The van der Waals surface area contributed by atoms with Crippen LogP contribution in [-0.4, -0.2) is 41.0 Å². The van der Waals surface area contributed by atoms with Gasteiger partial charge in [0.15, 0.2) is 11.6 Å². The van der Waals surface area contributed by atoms with Crippen molar-refractivity contribution in [2.45, 2.75) is 19.1 Å². The Morgan fingerprint density at radius 1 is 1.28 bits per heavy atom. The zero-order valence-corrected chi connectivity index (χ0v) is 13.9. The number of benzene rings is 1. The van der Waals surface area contributed by atoms with Crippen LogP contribution in [0.5, 0.6) is 0 Å². The minimum atomic E-state index is -1.80. The zero-order chi connectivity index (χ0) is 18.4. The normalized spacial score (nSPS) is 21.8. The predicted octanol–water partition coefficient (Wildman–Crippen LogP) is 2.31. The minimum absolute atomic E-state index is 0.0754. The number of aliphatic hydroxyl groups excluding tert-OH is 1. The summed E-state index contributed by atoms with van der Waals surface area (Å²) in [7, 11) is 0. The van der Waals surface area contributed by atoms with Gasteiger partial charge in [0.1, 0.15) is 12.4 Å². The van der Waals surface area contributed by atoms with Crippen LogP contribution in [0.3, 0.4) is 0 Å². The van der Waals surface area contributed by atoms with Crippen molar-refractivity contribution in [1.82, 2.24) is 0 Å². The molecule has 1 unspecified atom stereocenters. The number of hydrogen-bond acceptors (Lipinski definition) is 6. The third-order valence-electron chi connectivity index (χ3n) is 3.54. The van der Waals surface area contributed by atoms with Gasteiger partial charge in [-0.3, -0.25) is 4.79 Å². The van der Waals surface area contributed by atoms with E-state index in [0.717, 1.165) is 0 Å². The van der Waals surface area contributed by atoms with Crippen LogP contribution >= 0.6 is 0 Å². The Morgan fingerprint density at radius 2 is 1.96 bits per heavy atom. The van der Waals surface area contributed by atoms with Crippen LogP contribution in [0.4, 0.5) is 0 Å². The molecule has 2 N–H and O–H groups in total. The van der Waals surface area contributed by atoms with Crippen LogP contribution in [0, 0.1) is 0 Å². The third-order valence-corrected chi connectivity index (χ3v) is 3.54. The SMILES string of the molecule is C=C(C)C(=O)OCCOC1(O)C=CC(=C(O)c2ccccc2)C(=O)C1. The molecular weight excluding hydrogens is 324 g/mol. The number of ketones is 1. The molecule has 1 aliphatic rings. The molecular formula is C19H20O6. The van der Waals surface area contributed by atoms with Crippen molar-refractivity contribution >= 4 is 17.5 Å². The van der Waals surface area contributed by atoms with Gasteiger partial charge in [-0.1, -0.05) is 36.9 Å². The van der Waals surface area contributed by atoms with Crippen molar-refractivity contribution in [3.05, 3.63) is 65.8 Å². The molecule has 0 saturated heterocycles. The summed E-state index contributed by atoms with van der Waals surface area (Å²) in [6, 6.07) is 8.64. The Hall–Kier alpha value is -2.70. The zero-order valence-electron chi connectivity index (χ0n) is 13.9. The maximum Gasteiger partial charge on any atom is 0.333 e. The molecule has 6 heteroatoms. The lowest BCUT2D eigenvalue weighted by Crippen LogP contribution is -2.37. The van der Waals surface area contributed by atoms with Crippen molar-refractivity contribution in [1.29, 1.82) is 0 Å². The van der Waals surface area contributed by atoms with Crippen molar-refractivity contribution in [3.63, 3.8) is 0 Å². The number of esters is 1. The molecule has 1 atom stereocenters. The van der Waals surface area contributed by atoms with Gasteiger partial charge in [0.2, 0.25) is 0 Å². The summed E-state index contributed by atoms with van der Waals surface area (Å²) in [5.74, 6) is -2.96. The van der Waals surface area contributed by atoms with Crippen molar-refractivity contribution in [2.75, 3.05) is 13.2 Å². The number of ether oxygens (including phenoxy) is 2. The van der Waals surface area contributed by atoms with E-state index in [1.807, 2.05) is 0 Å². The first-order valence-corrected chi connectivity index (χ1v) is 7.72. The largest absolute Gasteiger partial charge is 0.507 e. The monoisotopic (exact) mass is 344 g/mol. The van der Waals surface area contributed by atoms with Crippen LogP contribution in [0.15, 0.2) is 60.2 Å². The molecule has 1 aromatic carbocycles. The van der Waals surface area contributed by atoms with Crippen LogP contribution in [-0.2, 0) is 19.1 Å². The minimum Gasteiger partial charge on any atom is -0.507 e. The van der Waals surface area contributed by atoms with Crippen LogP contribution in [0.1, 0.15) is 18.9 Å². The molecule has 0 heterocycles. The Bertz CT molecular complexity index is 732. The third kappa shape index (κ3) is 4.89. The lowest BCUT2D eigenvalue weighted by atomic mass is 9.93. The van der Waals surface area contributed by atoms with E-state index in [9.17, 15) is 19.8 Å². The first-order chi connectivity index (χ1) is 11.8. The first-order valence-electron chi connectivity index (χ1n) is 7.72. The smallest absolute Gasteiger partial charge is 0.333 e. The lowest BCUT2D eigenvalue weighted by molar-refractivity contribution is -0.183. The molecule has 0 bridgehead atoms. The van der Waals surface area contributed by atoms with Gasteiger partial charge in [-0.15, -0.1) is 0 Å². The van der Waals surface area contributed by atoms with Gasteiger partial charge in [0.25, 0.3) is 0 Å². The average molecular weight is 344 g/mol. The Labute approximate surface area is 145 Å². The maximum absolute atomic E-state index is 12.2. The number of hydrogen-bond donors (Lipinski definition) is 2. The number of carbonyl (C=O) groups is 2. The highest BCUT2D eigenvalue weighted by Crippen LogP contribution is 2.28. The summed E-state index contributed by atoms with van der Waals surface area (Å²) in [5, 5.41) is 20.5. The van der Waals surface area contributed by atoms with E-state index in [4.69, 9.17) is 9.47 Å². The molecule has 25 heavy (non-hydrogen) atoms. The maximum atomic E-state index is 12.2. The summed E-state index contributed by atoms with van der Waals surface area (Å²) < 4.78 is 10.1. The molecule has 0 fully saturated rings. The van der Waals surface area contributed by atoms with Crippen LogP contribution in [0.25, 0.3) is 5.76 Å². The predicted molar refractivity (Wildman–Crippen MR) is 91.4 cm³/mol. The number of rotatable bonds is 6. The highest BCUT2D eigenvalue weighted by atomic mass is 16.6. The first kappa shape index (κ1) is 18.6. The second-order valence-electron chi connectivity index (χ2n) is 5.67. The number of Topliss-reactive ketones (excluding diaryl/α,β-unsaturated/α-hetero) is 1. The van der Waals surface area contributed by atoms with E-state index < -0.39 is 17.5 Å². The molecule has 0 spiro atoms. The highest BCUT2D eigenvalue weighted by molar-refractivity contribution is 6.05. The van der Waals surface area contributed by atoms with Crippen LogP contribution in [0.2, 0.25) is 0 Å².